The lowest BCUT2D eigenvalue weighted by Gasteiger charge is -2.09. The number of pyridine rings is 4. The van der Waals surface area contributed by atoms with Gasteiger partial charge in [-0.1, -0.05) is 105 Å². The van der Waals surface area contributed by atoms with Crippen LogP contribution in [0.3, 0.4) is 0 Å². The minimum absolute atomic E-state index is 1.14. The standard InChI is InChI=1S/2C24H38N2.2BFO2/c2*1-3-5-7-9-11-17-25-19-13-23(14-20-25)24-15-21-26(22-16-24)18-12-10-8-6-4-2;2*2-1(3)4/h2*13-16,19-22H,3-12,17-18H2,1-2H3;;/q2*+2;2*-2. The zero-order valence-electron chi connectivity index (χ0n) is 37.5. The predicted octanol–water partition coefficient (Wildman–Crippen LogP) is 7.06. The molecule has 0 fully saturated rings. The summed E-state index contributed by atoms with van der Waals surface area (Å²) in [6.45, 7) is 13.6. The maximum absolute atomic E-state index is 9.89. The SMILES string of the molecule is CCCCCCC[n+]1ccc(-c2cc[n+](CCCCCCC)cc2)cc1.CCCCCCC[n+]1ccc(-c2cc[n+](CCCCCCC)cc2)cc1.[O-]B([O-])F.[O-]B([O-])F. The number of unbranched alkanes of at least 4 members (excludes halogenated alkanes) is 16. The van der Waals surface area contributed by atoms with Crippen molar-refractivity contribution in [3.63, 3.8) is 0 Å². The molecule has 0 saturated heterocycles. The van der Waals surface area contributed by atoms with Crippen molar-refractivity contribution >= 4 is 14.8 Å². The number of hydrogen-bond acceptors (Lipinski definition) is 4. The lowest BCUT2D eigenvalue weighted by molar-refractivity contribution is -0.697. The summed E-state index contributed by atoms with van der Waals surface area (Å²) in [7, 11) is -6.33. The van der Waals surface area contributed by atoms with Gasteiger partial charge in [-0.3, -0.25) is 0 Å². The average Bonchev–Trinajstić information content (AvgIpc) is 3.24. The van der Waals surface area contributed by atoms with Crippen LogP contribution in [-0.2, 0) is 26.2 Å². The largest absolute Gasteiger partial charge is 0.867 e. The number of hydrogen-bond donors (Lipinski definition) is 0. The summed E-state index contributed by atoms with van der Waals surface area (Å²) in [5.41, 5.74) is 5.23. The normalized spacial score (nSPS) is 10.4. The fraction of sp³-hybridized carbons (Fsp3) is 0.583. The Morgan fingerprint density at radius 1 is 0.317 bits per heavy atom. The minimum Gasteiger partial charge on any atom is -0.867 e. The van der Waals surface area contributed by atoms with E-state index in [0.29, 0.717) is 0 Å². The monoisotopic (exact) mass is 833 g/mol. The van der Waals surface area contributed by atoms with Crippen molar-refractivity contribution in [2.75, 3.05) is 0 Å². The molecular formula is C48H76B2F2N4O4. The van der Waals surface area contributed by atoms with E-state index in [9.17, 15) is 8.63 Å². The molecule has 4 heterocycles. The van der Waals surface area contributed by atoms with E-state index >= 15 is 0 Å². The third kappa shape index (κ3) is 29.6. The lowest BCUT2D eigenvalue weighted by Crippen LogP contribution is -2.39. The molecule has 0 aliphatic rings. The van der Waals surface area contributed by atoms with Gasteiger partial charge in [-0.05, 0) is 47.9 Å². The Hall–Kier alpha value is -3.57. The van der Waals surface area contributed by atoms with Gasteiger partial charge in [-0.25, -0.2) is 18.3 Å². The third-order valence-corrected chi connectivity index (χ3v) is 10.3. The third-order valence-electron chi connectivity index (χ3n) is 10.3. The molecule has 12 heteroatoms. The van der Waals surface area contributed by atoms with Gasteiger partial charge in [0.05, 0.1) is 0 Å². The van der Waals surface area contributed by atoms with Crippen LogP contribution in [0.4, 0.5) is 8.63 Å². The van der Waals surface area contributed by atoms with Gasteiger partial charge in [-0.15, -0.1) is 0 Å². The maximum atomic E-state index is 9.89. The van der Waals surface area contributed by atoms with Gasteiger partial charge >= 0.3 is 0 Å². The van der Waals surface area contributed by atoms with Crippen molar-refractivity contribution in [1.29, 1.82) is 0 Å². The van der Waals surface area contributed by atoms with Gasteiger partial charge in [0, 0.05) is 74.2 Å². The first-order valence-electron chi connectivity index (χ1n) is 23.0. The number of aryl methyl sites for hydroxylation is 4. The molecular weight excluding hydrogens is 756 g/mol. The van der Waals surface area contributed by atoms with Gasteiger partial charge in [0.1, 0.15) is 41.0 Å². The Kier molecular flexibility index (Phi) is 33.8. The Bertz CT molecular complexity index is 1300. The van der Waals surface area contributed by atoms with Crippen LogP contribution < -0.4 is 38.4 Å². The van der Waals surface area contributed by atoms with Gasteiger partial charge < -0.3 is 28.7 Å². The molecule has 8 nitrogen and oxygen atoms in total. The van der Waals surface area contributed by atoms with Crippen LogP contribution >= 0.6 is 0 Å². The summed E-state index contributed by atoms with van der Waals surface area (Å²) in [5, 5.41) is 33.2. The van der Waals surface area contributed by atoms with Crippen molar-refractivity contribution in [1.82, 2.24) is 0 Å². The molecule has 0 saturated carbocycles. The van der Waals surface area contributed by atoms with Gasteiger partial charge in [-0.2, -0.15) is 0 Å². The molecule has 332 valence electrons. The van der Waals surface area contributed by atoms with Crippen LogP contribution in [0.2, 0.25) is 0 Å². The fourth-order valence-corrected chi connectivity index (χ4v) is 6.79. The maximum Gasteiger partial charge on any atom is 0.169 e. The molecule has 0 amide bonds. The van der Waals surface area contributed by atoms with E-state index in [1.165, 1.54) is 151 Å². The Balaban J connectivity index is 0.000000509. The van der Waals surface area contributed by atoms with E-state index < -0.39 is 14.8 Å². The Morgan fingerprint density at radius 2 is 0.467 bits per heavy atom. The highest BCUT2D eigenvalue weighted by atomic mass is 19.1. The molecule has 0 radical (unpaired) electrons. The Morgan fingerprint density at radius 3 is 0.617 bits per heavy atom. The molecule has 0 atom stereocenters. The van der Waals surface area contributed by atoms with E-state index in [1.807, 2.05) is 0 Å². The van der Waals surface area contributed by atoms with Crippen molar-refractivity contribution in [3.05, 3.63) is 98.1 Å². The molecule has 0 aliphatic heterocycles. The highest BCUT2D eigenvalue weighted by molar-refractivity contribution is 6.27. The summed E-state index contributed by atoms with van der Waals surface area (Å²) in [4.78, 5) is 0. The second-order valence-electron chi connectivity index (χ2n) is 15.5. The predicted molar refractivity (Wildman–Crippen MR) is 233 cm³/mol. The molecule has 4 aromatic rings. The van der Waals surface area contributed by atoms with Gasteiger partial charge in [0.2, 0.25) is 0 Å². The first-order chi connectivity index (χ1) is 29.1. The van der Waals surface area contributed by atoms with Crippen molar-refractivity contribution in [2.45, 2.75) is 182 Å². The van der Waals surface area contributed by atoms with Crippen LogP contribution in [0.5, 0.6) is 0 Å². The van der Waals surface area contributed by atoms with Crippen molar-refractivity contribution in [2.24, 2.45) is 0 Å². The number of nitrogens with zero attached hydrogens (tertiary/aromatic N) is 4. The summed E-state index contributed by atoms with van der Waals surface area (Å²) in [5.74, 6) is 0. The lowest BCUT2D eigenvalue weighted by atomic mass is 10.1. The second-order valence-corrected chi connectivity index (χ2v) is 15.5. The zero-order valence-corrected chi connectivity index (χ0v) is 37.5. The summed E-state index contributed by atoms with van der Waals surface area (Å²) in [6.07, 6.45) is 44.6. The molecule has 0 unspecified atom stereocenters. The molecule has 0 spiro atoms. The van der Waals surface area contributed by atoms with Crippen LogP contribution in [0, 0.1) is 0 Å². The fourth-order valence-electron chi connectivity index (χ4n) is 6.79. The number of halogens is 2. The highest BCUT2D eigenvalue weighted by Gasteiger charge is 2.08. The van der Waals surface area contributed by atoms with Crippen LogP contribution in [-0.4, -0.2) is 14.8 Å². The van der Waals surface area contributed by atoms with E-state index in [0.717, 1.165) is 26.2 Å². The highest BCUT2D eigenvalue weighted by Crippen LogP contribution is 2.17. The smallest absolute Gasteiger partial charge is 0.169 e. The molecule has 0 aliphatic carbocycles. The first-order valence-corrected chi connectivity index (χ1v) is 23.0. The Labute approximate surface area is 363 Å². The van der Waals surface area contributed by atoms with E-state index in [4.69, 9.17) is 20.1 Å². The van der Waals surface area contributed by atoms with Crippen LogP contribution in [0.25, 0.3) is 22.3 Å². The van der Waals surface area contributed by atoms with Gasteiger partial charge in [0.25, 0.3) is 0 Å². The summed E-state index contributed by atoms with van der Waals surface area (Å²) in [6, 6.07) is 18.0. The second kappa shape index (κ2) is 37.2. The molecule has 4 rings (SSSR count). The van der Waals surface area contributed by atoms with E-state index in [1.54, 1.807) is 0 Å². The van der Waals surface area contributed by atoms with Crippen LogP contribution in [0.1, 0.15) is 156 Å². The molecule has 0 bridgehead atoms. The number of rotatable bonds is 26. The van der Waals surface area contributed by atoms with Gasteiger partial charge in [0.15, 0.2) is 49.6 Å². The summed E-state index contributed by atoms with van der Waals surface area (Å²) < 4.78 is 29.0. The zero-order chi connectivity index (χ0) is 44.1. The molecule has 4 aromatic heterocycles. The molecule has 0 aromatic carbocycles. The van der Waals surface area contributed by atoms with Crippen molar-refractivity contribution in [3.8, 4) is 22.3 Å². The van der Waals surface area contributed by atoms with Crippen LogP contribution in [0.15, 0.2) is 98.1 Å². The van der Waals surface area contributed by atoms with Crippen molar-refractivity contribution < 1.29 is 47.0 Å². The number of aromatic nitrogens is 4. The first kappa shape index (κ1) is 54.4. The topological polar surface area (TPSA) is 108 Å². The molecule has 60 heavy (non-hydrogen) atoms. The van der Waals surface area contributed by atoms with E-state index in [-0.39, 0.29) is 0 Å². The van der Waals surface area contributed by atoms with E-state index in [2.05, 4.69) is 144 Å². The quantitative estimate of drug-likeness (QED) is 0.0384. The molecule has 0 N–H and O–H groups in total. The summed E-state index contributed by atoms with van der Waals surface area (Å²) >= 11 is 0. The average molecular weight is 833 g/mol. The minimum atomic E-state index is -3.17.